The second-order valence-corrected chi connectivity index (χ2v) is 7.51. The molecule has 1 aliphatic heterocycles. The summed E-state index contributed by atoms with van der Waals surface area (Å²) in [6, 6.07) is 6.03. The lowest BCUT2D eigenvalue weighted by atomic mass is 9.69. The van der Waals surface area contributed by atoms with Gasteiger partial charge >= 0.3 is 11.9 Å². The van der Waals surface area contributed by atoms with Gasteiger partial charge < -0.3 is 14.8 Å². The third kappa shape index (κ3) is 3.76. The Morgan fingerprint density at radius 1 is 1.17 bits per heavy atom. The minimum absolute atomic E-state index is 0.141. The van der Waals surface area contributed by atoms with Gasteiger partial charge in [-0.05, 0) is 39.2 Å². The molecule has 7 heteroatoms. The first-order valence-electron chi connectivity index (χ1n) is 10.1. The minimum Gasteiger partial charge on any atom is -0.465 e. The van der Waals surface area contributed by atoms with Gasteiger partial charge in [0.15, 0.2) is 5.78 Å². The maximum atomic E-state index is 14.8. The van der Waals surface area contributed by atoms with Crippen molar-refractivity contribution in [1.29, 1.82) is 0 Å². The van der Waals surface area contributed by atoms with Crippen molar-refractivity contribution < 1.29 is 28.2 Å². The summed E-state index contributed by atoms with van der Waals surface area (Å²) >= 11 is 0. The van der Waals surface area contributed by atoms with Crippen molar-refractivity contribution in [1.82, 2.24) is 5.32 Å². The van der Waals surface area contributed by atoms with Gasteiger partial charge in [0.05, 0.1) is 24.7 Å². The van der Waals surface area contributed by atoms with Gasteiger partial charge in [0.1, 0.15) is 11.7 Å². The Hall–Kier alpha value is -2.96. The van der Waals surface area contributed by atoms with Crippen LogP contribution in [0.2, 0.25) is 0 Å². The number of halogens is 1. The molecule has 160 valence electrons. The zero-order valence-electron chi connectivity index (χ0n) is 17.6. The van der Waals surface area contributed by atoms with Crippen LogP contribution in [-0.4, -0.2) is 30.9 Å². The average Bonchev–Trinajstić information content (AvgIpc) is 2.67. The summed E-state index contributed by atoms with van der Waals surface area (Å²) in [5, 5.41) is 3.14. The van der Waals surface area contributed by atoms with E-state index in [1.54, 1.807) is 39.0 Å². The third-order valence-electron chi connectivity index (χ3n) is 5.54. The number of benzene rings is 1. The number of hydrogen-bond donors (Lipinski definition) is 1. The zero-order valence-corrected chi connectivity index (χ0v) is 17.6. The molecule has 0 amide bonds. The summed E-state index contributed by atoms with van der Waals surface area (Å²) in [6.45, 7) is 7.16. The minimum atomic E-state index is -0.998. The molecule has 0 spiro atoms. The zero-order chi connectivity index (χ0) is 22.0. The van der Waals surface area contributed by atoms with Gasteiger partial charge in [0.25, 0.3) is 0 Å². The molecular formula is C23H26FNO5. The molecule has 0 saturated heterocycles. The molecule has 6 nitrogen and oxygen atoms in total. The van der Waals surface area contributed by atoms with E-state index < -0.39 is 35.4 Å². The molecule has 2 aliphatic rings. The van der Waals surface area contributed by atoms with Crippen LogP contribution >= 0.6 is 0 Å². The van der Waals surface area contributed by atoms with E-state index in [1.165, 1.54) is 6.07 Å². The van der Waals surface area contributed by atoms with E-state index in [2.05, 4.69) is 5.32 Å². The number of hydrogen-bond acceptors (Lipinski definition) is 6. The quantitative estimate of drug-likeness (QED) is 0.586. The summed E-state index contributed by atoms with van der Waals surface area (Å²) in [5.41, 5.74) is 1.71. The number of carbonyl (C=O) groups is 3. The van der Waals surface area contributed by atoms with E-state index in [-0.39, 0.29) is 35.8 Å². The van der Waals surface area contributed by atoms with Crippen LogP contribution in [0, 0.1) is 17.7 Å². The number of dihydropyridines is 1. The molecule has 3 atom stereocenters. The SMILES string of the molecule is CCOC(=O)C1=C(C)NC2=C(C(=O)[C@@H](C(=O)OCC)[C@@H](C)C2)[C@@H]1c1ccccc1F. The Balaban J connectivity index is 2.18. The highest BCUT2D eigenvalue weighted by Crippen LogP contribution is 2.46. The van der Waals surface area contributed by atoms with Crippen LogP contribution < -0.4 is 5.32 Å². The number of esters is 2. The average molecular weight is 415 g/mol. The lowest BCUT2D eigenvalue weighted by Gasteiger charge is -2.38. The number of allylic oxidation sites excluding steroid dienone is 3. The van der Waals surface area contributed by atoms with Crippen LogP contribution in [-0.2, 0) is 23.9 Å². The molecule has 0 fully saturated rings. The predicted octanol–water partition coefficient (Wildman–Crippen LogP) is 3.39. The Labute approximate surface area is 175 Å². The normalized spacial score (nSPS) is 23.6. The highest BCUT2D eigenvalue weighted by Gasteiger charge is 2.47. The van der Waals surface area contributed by atoms with Crippen LogP contribution in [0.1, 0.15) is 45.6 Å². The van der Waals surface area contributed by atoms with Gasteiger partial charge in [-0.15, -0.1) is 0 Å². The second kappa shape index (κ2) is 8.81. The summed E-state index contributed by atoms with van der Waals surface area (Å²) in [4.78, 5) is 38.8. The second-order valence-electron chi connectivity index (χ2n) is 7.51. The molecule has 3 rings (SSSR count). The number of Topliss-reactive ketones (excluding diaryl/α,β-unsaturated/α-hetero) is 1. The Bertz CT molecular complexity index is 949. The van der Waals surface area contributed by atoms with Gasteiger partial charge in [0, 0.05) is 22.5 Å². The monoisotopic (exact) mass is 415 g/mol. The number of ketones is 1. The molecule has 1 aromatic rings. The van der Waals surface area contributed by atoms with E-state index in [0.717, 1.165) is 0 Å². The lowest BCUT2D eigenvalue weighted by Crippen LogP contribution is -2.43. The van der Waals surface area contributed by atoms with Crippen molar-refractivity contribution in [2.45, 2.75) is 40.0 Å². The summed E-state index contributed by atoms with van der Waals surface area (Å²) in [6.07, 6.45) is 0.406. The molecule has 1 heterocycles. The maximum Gasteiger partial charge on any atom is 0.336 e. The first-order chi connectivity index (χ1) is 14.3. The van der Waals surface area contributed by atoms with Gasteiger partial charge in [-0.25, -0.2) is 9.18 Å². The van der Waals surface area contributed by atoms with E-state index in [1.807, 2.05) is 6.92 Å². The van der Waals surface area contributed by atoms with E-state index in [9.17, 15) is 18.8 Å². The van der Waals surface area contributed by atoms with E-state index in [0.29, 0.717) is 17.8 Å². The Morgan fingerprint density at radius 2 is 1.83 bits per heavy atom. The third-order valence-corrected chi connectivity index (χ3v) is 5.54. The van der Waals surface area contributed by atoms with Gasteiger partial charge in [0.2, 0.25) is 0 Å². The molecule has 1 aromatic carbocycles. The molecule has 0 bridgehead atoms. The maximum absolute atomic E-state index is 14.8. The number of ether oxygens (including phenoxy) is 2. The van der Waals surface area contributed by atoms with E-state index >= 15 is 0 Å². The lowest BCUT2D eigenvalue weighted by molar-refractivity contribution is -0.153. The Kier molecular flexibility index (Phi) is 6.39. The van der Waals surface area contributed by atoms with Crippen LogP contribution in [0.4, 0.5) is 4.39 Å². The fourth-order valence-electron chi connectivity index (χ4n) is 4.29. The molecule has 0 radical (unpaired) electrons. The molecule has 30 heavy (non-hydrogen) atoms. The predicted molar refractivity (Wildman–Crippen MR) is 108 cm³/mol. The largest absolute Gasteiger partial charge is 0.465 e. The van der Waals surface area contributed by atoms with Crippen LogP contribution in [0.5, 0.6) is 0 Å². The van der Waals surface area contributed by atoms with Crippen molar-refractivity contribution in [3.63, 3.8) is 0 Å². The van der Waals surface area contributed by atoms with Crippen molar-refractivity contribution >= 4 is 17.7 Å². The van der Waals surface area contributed by atoms with Crippen molar-refractivity contribution in [3.05, 3.63) is 58.2 Å². The van der Waals surface area contributed by atoms with Gasteiger partial charge in [-0.2, -0.15) is 0 Å². The summed E-state index contributed by atoms with van der Waals surface area (Å²) in [7, 11) is 0. The highest BCUT2D eigenvalue weighted by atomic mass is 19.1. The van der Waals surface area contributed by atoms with Crippen LogP contribution in [0.25, 0.3) is 0 Å². The number of carbonyl (C=O) groups excluding carboxylic acids is 3. The van der Waals surface area contributed by atoms with Crippen molar-refractivity contribution in [2.75, 3.05) is 13.2 Å². The number of nitrogens with one attached hydrogen (secondary N) is 1. The van der Waals surface area contributed by atoms with Crippen LogP contribution in [0.3, 0.4) is 0 Å². The standard InChI is InChI=1S/C23H26FNO5/c1-5-29-22(27)17-12(3)11-16-20(21(17)26)19(14-9-7-8-10-15(14)24)18(13(4)25-16)23(28)30-6-2/h7-10,12,17,19,25H,5-6,11H2,1-4H3/t12-,17-,19+/m0/s1. The van der Waals surface area contributed by atoms with Crippen molar-refractivity contribution in [2.24, 2.45) is 11.8 Å². The first kappa shape index (κ1) is 21.7. The van der Waals surface area contributed by atoms with Crippen LogP contribution in [0.15, 0.2) is 46.8 Å². The fourth-order valence-corrected chi connectivity index (χ4v) is 4.29. The first-order valence-corrected chi connectivity index (χ1v) is 10.1. The highest BCUT2D eigenvalue weighted by molar-refractivity contribution is 6.12. The summed E-state index contributed by atoms with van der Waals surface area (Å²) < 4.78 is 25.2. The smallest absolute Gasteiger partial charge is 0.336 e. The fraction of sp³-hybridized carbons (Fsp3) is 0.435. The molecule has 0 unspecified atom stereocenters. The summed E-state index contributed by atoms with van der Waals surface area (Å²) in [5.74, 6) is -4.46. The van der Waals surface area contributed by atoms with Crippen molar-refractivity contribution in [3.8, 4) is 0 Å². The molecular weight excluding hydrogens is 389 g/mol. The van der Waals surface area contributed by atoms with E-state index in [4.69, 9.17) is 9.47 Å². The molecule has 0 aromatic heterocycles. The van der Waals surface area contributed by atoms with Gasteiger partial charge in [-0.1, -0.05) is 25.1 Å². The number of rotatable bonds is 5. The van der Waals surface area contributed by atoms with Gasteiger partial charge in [-0.3, -0.25) is 9.59 Å². The molecule has 0 saturated carbocycles. The topological polar surface area (TPSA) is 81.7 Å². The Morgan fingerprint density at radius 3 is 2.47 bits per heavy atom. The molecule has 1 aliphatic carbocycles. The molecule has 1 N–H and O–H groups in total.